The number of amidine groups is 1. The molecule has 6 N–H and O–H groups in total. The van der Waals surface area contributed by atoms with Crippen LogP contribution in [0.2, 0.25) is 0 Å². The SMILES string of the molecule is CC(C)(CN)/C(N)=N/N. The smallest absolute Gasteiger partial charge is 0.126 e. The number of hydrogen-bond donors (Lipinski definition) is 3. The molecule has 0 spiro atoms. The van der Waals surface area contributed by atoms with Crippen molar-refractivity contribution in [3.8, 4) is 0 Å². The number of hydrazone groups is 1. The number of rotatable bonds is 2. The van der Waals surface area contributed by atoms with Crippen LogP contribution >= 0.6 is 0 Å². The van der Waals surface area contributed by atoms with Crippen molar-refractivity contribution >= 4 is 5.84 Å². The predicted octanol–water partition coefficient (Wildman–Crippen LogP) is -0.798. The lowest BCUT2D eigenvalue weighted by molar-refractivity contribution is 0.530. The Balaban J connectivity index is 4.14. The van der Waals surface area contributed by atoms with Gasteiger partial charge in [-0.2, -0.15) is 5.10 Å². The molecule has 0 rings (SSSR count). The third-order valence-electron chi connectivity index (χ3n) is 1.34. The largest absolute Gasteiger partial charge is 0.385 e. The first-order chi connectivity index (χ1) is 4.04. The van der Waals surface area contributed by atoms with Gasteiger partial charge in [-0.3, -0.25) is 0 Å². The quantitative estimate of drug-likeness (QED) is 0.198. The van der Waals surface area contributed by atoms with E-state index in [-0.39, 0.29) is 5.41 Å². The van der Waals surface area contributed by atoms with Crippen LogP contribution < -0.4 is 17.3 Å². The normalized spacial score (nSPS) is 13.9. The van der Waals surface area contributed by atoms with Crippen molar-refractivity contribution in [2.24, 2.45) is 27.8 Å². The zero-order chi connectivity index (χ0) is 7.49. The molecule has 0 bridgehead atoms. The van der Waals surface area contributed by atoms with Crippen molar-refractivity contribution in [2.75, 3.05) is 6.54 Å². The van der Waals surface area contributed by atoms with Crippen LogP contribution in [0.3, 0.4) is 0 Å². The van der Waals surface area contributed by atoms with Gasteiger partial charge in [0.25, 0.3) is 0 Å². The summed E-state index contributed by atoms with van der Waals surface area (Å²) in [4.78, 5) is 0. The van der Waals surface area contributed by atoms with Gasteiger partial charge in [-0.05, 0) is 0 Å². The second-order valence-electron chi connectivity index (χ2n) is 2.60. The molecule has 0 unspecified atom stereocenters. The third kappa shape index (κ3) is 1.89. The van der Waals surface area contributed by atoms with Crippen molar-refractivity contribution in [3.63, 3.8) is 0 Å². The van der Waals surface area contributed by atoms with Gasteiger partial charge in [0.1, 0.15) is 5.84 Å². The molecule has 0 aromatic carbocycles. The Morgan fingerprint density at radius 2 is 2.00 bits per heavy atom. The van der Waals surface area contributed by atoms with Crippen molar-refractivity contribution < 1.29 is 0 Å². The average Bonchev–Trinajstić information content (AvgIpc) is 1.86. The summed E-state index contributed by atoms with van der Waals surface area (Å²) in [5.41, 5.74) is 10.5. The fourth-order valence-electron chi connectivity index (χ4n) is 0.279. The van der Waals surface area contributed by atoms with Crippen LogP contribution in [-0.4, -0.2) is 12.4 Å². The Morgan fingerprint density at radius 1 is 1.56 bits per heavy atom. The van der Waals surface area contributed by atoms with E-state index < -0.39 is 0 Å². The summed E-state index contributed by atoms with van der Waals surface area (Å²) in [7, 11) is 0. The van der Waals surface area contributed by atoms with Gasteiger partial charge in [-0.1, -0.05) is 13.8 Å². The van der Waals surface area contributed by atoms with E-state index in [1.165, 1.54) is 0 Å². The molecule has 4 heteroatoms. The van der Waals surface area contributed by atoms with Crippen LogP contribution in [0.25, 0.3) is 0 Å². The van der Waals surface area contributed by atoms with E-state index in [4.69, 9.17) is 17.3 Å². The molecule has 0 saturated carbocycles. The van der Waals surface area contributed by atoms with Gasteiger partial charge in [0.05, 0.1) is 0 Å². The Kier molecular flexibility index (Phi) is 2.45. The Morgan fingerprint density at radius 3 is 2.11 bits per heavy atom. The summed E-state index contributed by atoms with van der Waals surface area (Å²) in [5.74, 6) is 5.33. The summed E-state index contributed by atoms with van der Waals surface area (Å²) in [6.07, 6.45) is 0. The molecule has 0 radical (unpaired) electrons. The first kappa shape index (κ1) is 8.23. The molecule has 0 saturated heterocycles. The zero-order valence-corrected chi connectivity index (χ0v) is 5.89. The van der Waals surface area contributed by atoms with Crippen LogP contribution in [0.1, 0.15) is 13.8 Å². The summed E-state index contributed by atoms with van der Waals surface area (Å²) in [6, 6.07) is 0. The minimum Gasteiger partial charge on any atom is -0.385 e. The van der Waals surface area contributed by atoms with Gasteiger partial charge in [0, 0.05) is 12.0 Å². The second kappa shape index (κ2) is 2.68. The maximum atomic E-state index is 5.41. The van der Waals surface area contributed by atoms with E-state index in [0.29, 0.717) is 12.4 Å². The summed E-state index contributed by atoms with van der Waals surface area (Å²) < 4.78 is 0. The molecular weight excluding hydrogens is 116 g/mol. The van der Waals surface area contributed by atoms with Gasteiger partial charge in [0.2, 0.25) is 0 Å². The van der Waals surface area contributed by atoms with Gasteiger partial charge < -0.3 is 17.3 Å². The summed E-state index contributed by atoms with van der Waals surface area (Å²) >= 11 is 0. The van der Waals surface area contributed by atoms with Gasteiger partial charge in [0.15, 0.2) is 0 Å². The molecule has 0 aliphatic carbocycles. The van der Waals surface area contributed by atoms with Crippen LogP contribution in [0.4, 0.5) is 0 Å². The molecular formula is C5H14N4. The summed E-state index contributed by atoms with van der Waals surface area (Å²) in [6.45, 7) is 4.23. The lowest BCUT2D eigenvalue weighted by atomic mass is 9.93. The first-order valence-electron chi connectivity index (χ1n) is 2.78. The van der Waals surface area contributed by atoms with E-state index >= 15 is 0 Å². The monoisotopic (exact) mass is 130 g/mol. The molecule has 4 nitrogen and oxygen atoms in total. The molecule has 0 fully saturated rings. The van der Waals surface area contributed by atoms with Crippen LogP contribution in [-0.2, 0) is 0 Å². The lowest BCUT2D eigenvalue weighted by Crippen LogP contribution is -2.38. The van der Waals surface area contributed by atoms with Gasteiger partial charge in [-0.25, -0.2) is 0 Å². The van der Waals surface area contributed by atoms with Crippen molar-refractivity contribution in [2.45, 2.75) is 13.8 Å². The Bertz CT molecular complexity index is 116. The topological polar surface area (TPSA) is 90.4 Å². The highest BCUT2D eigenvalue weighted by Gasteiger charge is 2.19. The van der Waals surface area contributed by atoms with Crippen LogP contribution in [0.5, 0.6) is 0 Å². The zero-order valence-electron chi connectivity index (χ0n) is 5.89. The fraction of sp³-hybridized carbons (Fsp3) is 0.800. The standard InChI is InChI=1S/C5H14N4/c1-5(2,3-6)4(7)9-8/h3,6,8H2,1-2H3,(H2,7,9). The van der Waals surface area contributed by atoms with Crippen LogP contribution in [0.15, 0.2) is 5.10 Å². The number of nitrogens with zero attached hydrogens (tertiary/aromatic N) is 1. The summed E-state index contributed by atoms with van der Waals surface area (Å²) in [5, 5.41) is 3.35. The van der Waals surface area contributed by atoms with Gasteiger partial charge in [-0.15, -0.1) is 0 Å². The minimum atomic E-state index is -0.269. The highest BCUT2D eigenvalue weighted by molar-refractivity contribution is 5.85. The Hall–Kier alpha value is -0.770. The molecule has 0 heterocycles. The van der Waals surface area contributed by atoms with Crippen LogP contribution in [0, 0.1) is 5.41 Å². The first-order valence-corrected chi connectivity index (χ1v) is 2.78. The van der Waals surface area contributed by atoms with E-state index in [2.05, 4.69) is 5.10 Å². The molecule has 54 valence electrons. The number of hydrogen-bond acceptors (Lipinski definition) is 3. The van der Waals surface area contributed by atoms with E-state index in [0.717, 1.165) is 0 Å². The Labute approximate surface area is 55.1 Å². The fourth-order valence-corrected chi connectivity index (χ4v) is 0.279. The molecule has 0 aliphatic rings. The highest BCUT2D eigenvalue weighted by atomic mass is 15.2. The molecule has 0 atom stereocenters. The highest BCUT2D eigenvalue weighted by Crippen LogP contribution is 2.10. The van der Waals surface area contributed by atoms with Crippen molar-refractivity contribution in [3.05, 3.63) is 0 Å². The van der Waals surface area contributed by atoms with E-state index in [1.807, 2.05) is 13.8 Å². The van der Waals surface area contributed by atoms with Crippen molar-refractivity contribution in [1.29, 1.82) is 0 Å². The van der Waals surface area contributed by atoms with Gasteiger partial charge >= 0.3 is 0 Å². The minimum absolute atomic E-state index is 0.269. The second-order valence-corrected chi connectivity index (χ2v) is 2.60. The molecule has 0 aliphatic heterocycles. The third-order valence-corrected chi connectivity index (χ3v) is 1.34. The maximum Gasteiger partial charge on any atom is 0.126 e. The predicted molar refractivity (Wildman–Crippen MR) is 38.6 cm³/mol. The average molecular weight is 130 g/mol. The maximum absolute atomic E-state index is 5.41. The molecule has 0 aromatic rings. The van der Waals surface area contributed by atoms with Crippen molar-refractivity contribution in [1.82, 2.24) is 0 Å². The van der Waals surface area contributed by atoms with E-state index in [9.17, 15) is 0 Å². The molecule has 9 heavy (non-hydrogen) atoms. The number of nitrogens with two attached hydrogens (primary N) is 3. The van der Waals surface area contributed by atoms with E-state index in [1.54, 1.807) is 0 Å². The molecule has 0 aromatic heterocycles. The molecule has 0 amide bonds. The lowest BCUT2D eigenvalue weighted by Gasteiger charge is -2.19.